The number of carbonyl (C=O) groups is 3. The van der Waals surface area contributed by atoms with Crippen LogP contribution in [0, 0.1) is 5.21 Å². The molecule has 1 aromatic carbocycles. The highest BCUT2D eigenvalue weighted by molar-refractivity contribution is 6.02. The number of carbonyl (C=O) groups excluding carboxylic acids is 3. The molecule has 122 valence electrons. The number of anilines is 1. The van der Waals surface area contributed by atoms with Gasteiger partial charge in [0.2, 0.25) is 0 Å². The van der Waals surface area contributed by atoms with Crippen LogP contribution in [0.2, 0.25) is 0 Å². The molecular formula is C16H12N2O6. The Bertz CT molecular complexity index is 816. The molecule has 1 aromatic heterocycles. The summed E-state index contributed by atoms with van der Waals surface area (Å²) in [5, 5.41) is 13.5. The summed E-state index contributed by atoms with van der Waals surface area (Å²) in [6.07, 6.45) is 2.31. The monoisotopic (exact) mass is 328 g/mol. The molecule has 0 fully saturated rings. The van der Waals surface area contributed by atoms with E-state index in [4.69, 9.17) is 9.47 Å². The lowest BCUT2D eigenvalue weighted by Crippen LogP contribution is -2.26. The second-order valence-electron chi connectivity index (χ2n) is 4.99. The molecule has 0 bridgehead atoms. The predicted octanol–water partition coefficient (Wildman–Crippen LogP) is 0.691. The second-order valence-corrected chi connectivity index (χ2v) is 4.99. The quantitative estimate of drug-likeness (QED) is 0.383. The molecule has 0 aliphatic carbocycles. The first kappa shape index (κ1) is 15.5. The van der Waals surface area contributed by atoms with Crippen LogP contribution in [-0.2, 0) is 9.53 Å². The van der Waals surface area contributed by atoms with Crippen LogP contribution in [0.15, 0.2) is 42.7 Å². The Balaban J connectivity index is 1.65. The number of pyridine rings is 1. The van der Waals surface area contributed by atoms with Crippen LogP contribution < -0.4 is 14.8 Å². The summed E-state index contributed by atoms with van der Waals surface area (Å²) in [6, 6.07) is 7.14. The lowest BCUT2D eigenvalue weighted by molar-refractivity contribution is -0.605. The van der Waals surface area contributed by atoms with E-state index in [0.29, 0.717) is 16.2 Å². The van der Waals surface area contributed by atoms with Crippen molar-refractivity contribution < 1.29 is 28.6 Å². The van der Waals surface area contributed by atoms with E-state index in [1.54, 1.807) is 6.07 Å². The number of fused-ring (bicyclic) bond motifs is 1. The Morgan fingerprint density at radius 1 is 1.21 bits per heavy atom. The molecule has 0 unspecified atom stereocenters. The minimum absolute atomic E-state index is 0.0711. The van der Waals surface area contributed by atoms with Gasteiger partial charge in [0.15, 0.2) is 31.4 Å². The maximum atomic E-state index is 12.1. The summed E-state index contributed by atoms with van der Waals surface area (Å²) in [4.78, 5) is 35.2. The predicted molar refractivity (Wildman–Crippen MR) is 80.6 cm³/mol. The van der Waals surface area contributed by atoms with Crippen molar-refractivity contribution in [1.82, 2.24) is 0 Å². The molecule has 1 aliphatic heterocycles. The maximum Gasteiger partial charge on any atom is 0.339 e. The van der Waals surface area contributed by atoms with Gasteiger partial charge in [-0.25, -0.2) is 4.79 Å². The summed E-state index contributed by atoms with van der Waals surface area (Å²) in [5.41, 5.74) is 0.838. The summed E-state index contributed by atoms with van der Waals surface area (Å²) in [5.74, 6) is -0.976. The molecule has 24 heavy (non-hydrogen) atoms. The van der Waals surface area contributed by atoms with E-state index < -0.39 is 18.4 Å². The number of rotatable bonds is 4. The smallest absolute Gasteiger partial charge is 0.339 e. The van der Waals surface area contributed by atoms with Gasteiger partial charge in [0.1, 0.15) is 5.75 Å². The Hall–Kier alpha value is -3.42. The average molecular weight is 328 g/mol. The van der Waals surface area contributed by atoms with Crippen LogP contribution in [0.3, 0.4) is 0 Å². The van der Waals surface area contributed by atoms with Crippen molar-refractivity contribution in [3.8, 4) is 5.75 Å². The molecule has 0 spiro atoms. The van der Waals surface area contributed by atoms with Crippen LogP contribution >= 0.6 is 0 Å². The van der Waals surface area contributed by atoms with E-state index >= 15 is 0 Å². The first-order valence-corrected chi connectivity index (χ1v) is 6.99. The number of esters is 1. The molecule has 8 nitrogen and oxygen atoms in total. The van der Waals surface area contributed by atoms with Crippen molar-refractivity contribution >= 4 is 23.3 Å². The second kappa shape index (κ2) is 6.37. The summed E-state index contributed by atoms with van der Waals surface area (Å²) >= 11 is 0. The Kier molecular flexibility index (Phi) is 4.11. The number of Topliss-reactive ketones (excluding diaryl/α,β-unsaturated/α-hetero) is 1. The van der Waals surface area contributed by atoms with Crippen molar-refractivity contribution in [3.63, 3.8) is 0 Å². The highest BCUT2D eigenvalue weighted by Crippen LogP contribution is 2.28. The largest absolute Gasteiger partial charge is 0.619 e. The molecule has 0 saturated heterocycles. The van der Waals surface area contributed by atoms with E-state index in [9.17, 15) is 19.6 Å². The molecular weight excluding hydrogens is 316 g/mol. The molecule has 2 aromatic rings. The number of nitrogens with zero attached hydrogens (tertiary/aromatic N) is 1. The number of aromatic nitrogens is 1. The van der Waals surface area contributed by atoms with Crippen molar-refractivity contribution in [2.24, 2.45) is 0 Å². The van der Waals surface area contributed by atoms with E-state index in [2.05, 4.69) is 5.32 Å². The number of nitrogens with one attached hydrogen (secondary N) is 1. The molecule has 0 atom stereocenters. The SMILES string of the molecule is O=C1COc2ccc(C(=O)COC(=O)c3cc[n+]([O-])cc3)cc2N1. The fraction of sp³-hybridized carbons (Fsp3) is 0.125. The molecule has 1 amide bonds. The number of amides is 1. The minimum Gasteiger partial charge on any atom is -0.619 e. The Morgan fingerprint density at radius 3 is 2.71 bits per heavy atom. The highest BCUT2D eigenvalue weighted by atomic mass is 16.5. The standard InChI is InChI=1S/C16H12N2O6/c19-13(8-24-16(21)10-3-5-18(22)6-4-10)11-1-2-14-12(7-11)17-15(20)9-23-14/h1-7H,8-9H2,(H,17,20). The highest BCUT2D eigenvalue weighted by Gasteiger charge is 2.19. The lowest BCUT2D eigenvalue weighted by atomic mass is 10.1. The summed E-state index contributed by atoms with van der Waals surface area (Å²) < 4.78 is 10.7. The molecule has 1 aliphatic rings. The molecule has 0 saturated carbocycles. The van der Waals surface area contributed by atoms with Gasteiger partial charge in [0.05, 0.1) is 11.3 Å². The Labute approximate surface area is 136 Å². The van der Waals surface area contributed by atoms with Crippen LogP contribution in [-0.4, -0.2) is 30.9 Å². The van der Waals surface area contributed by atoms with Crippen molar-refractivity contribution in [1.29, 1.82) is 0 Å². The van der Waals surface area contributed by atoms with E-state index in [1.807, 2.05) is 0 Å². The summed E-state index contributed by atoms with van der Waals surface area (Å²) in [6.45, 7) is -0.531. The van der Waals surface area contributed by atoms with E-state index in [-0.39, 0.29) is 23.6 Å². The fourth-order valence-corrected chi connectivity index (χ4v) is 2.10. The van der Waals surface area contributed by atoms with Gasteiger partial charge in [-0.05, 0) is 18.2 Å². The molecule has 0 radical (unpaired) electrons. The number of hydrogen-bond donors (Lipinski definition) is 1. The fourth-order valence-electron chi connectivity index (χ4n) is 2.10. The van der Waals surface area contributed by atoms with Crippen LogP contribution in [0.5, 0.6) is 5.75 Å². The zero-order valence-electron chi connectivity index (χ0n) is 12.4. The van der Waals surface area contributed by atoms with Crippen molar-refractivity contribution in [2.75, 3.05) is 18.5 Å². The zero-order chi connectivity index (χ0) is 17.1. The van der Waals surface area contributed by atoms with Gasteiger partial charge in [-0.2, -0.15) is 4.73 Å². The molecule has 1 N–H and O–H groups in total. The van der Waals surface area contributed by atoms with Crippen molar-refractivity contribution in [3.05, 3.63) is 59.1 Å². The van der Waals surface area contributed by atoms with Gasteiger partial charge in [-0.1, -0.05) is 0 Å². The molecule has 8 heteroatoms. The van der Waals surface area contributed by atoms with Crippen molar-refractivity contribution in [2.45, 2.75) is 0 Å². The lowest BCUT2D eigenvalue weighted by Gasteiger charge is -2.18. The third-order valence-electron chi connectivity index (χ3n) is 3.31. The Morgan fingerprint density at radius 2 is 1.96 bits per heavy atom. The average Bonchev–Trinajstić information content (AvgIpc) is 2.59. The van der Waals surface area contributed by atoms with E-state index in [1.165, 1.54) is 24.3 Å². The number of ketones is 1. The van der Waals surface area contributed by atoms with Gasteiger partial charge in [-0.3, -0.25) is 9.59 Å². The molecule has 3 rings (SSSR count). The van der Waals surface area contributed by atoms with Gasteiger partial charge in [0.25, 0.3) is 5.91 Å². The third kappa shape index (κ3) is 3.32. The number of ether oxygens (including phenoxy) is 2. The topological polar surface area (TPSA) is 109 Å². The van der Waals surface area contributed by atoms with Gasteiger partial charge < -0.3 is 20.0 Å². The van der Waals surface area contributed by atoms with Crippen LogP contribution in [0.4, 0.5) is 5.69 Å². The number of hydrogen-bond acceptors (Lipinski definition) is 6. The van der Waals surface area contributed by atoms with Gasteiger partial charge >= 0.3 is 5.97 Å². The van der Waals surface area contributed by atoms with Gasteiger partial charge in [-0.15, -0.1) is 0 Å². The normalized spacial score (nSPS) is 12.6. The van der Waals surface area contributed by atoms with Crippen LogP contribution in [0.25, 0.3) is 0 Å². The first-order valence-electron chi connectivity index (χ1n) is 6.99. The third-order valence-corrected chi connectivity index (χ3v) is 3.31. The van der Waals surface area contributed by atoms with Gasteiger partial charge in [0, 0.05) is 17.7 Å². The van der Waals surface area contributed by atoms with E-state index in [0.717, 1.165) is 12.4 Å². The summed E-state index contributed by atoms with van der Waals surface area (Å²) in [7, 11) is 0. The maximum absolute atomic E-state index is 12.1. The first-order chi connectivity index (χ1) is 11.5. The minimum atomic E-state index is -0.710. The van der Waals surface area contributed by atoms with Crippen LogP contribution in [0.1, 0.15) is 20.7 Å². The molecule has 2 heterocycles. The zero-order valence-corrected chi connectivity index (χ0v) is 12.4. The number of benzene rings is 1.